The zero-order chi connectivity index (χ0) is 19.8. The lowest BCUT2D eigenvalue weighted by Gasteiger charge is -2.12. The van der Waals surface area contributed by atoms with Gasteiger partial charge in [0.15, 0.2) is 11.7 Å². The second-order valence-corrected chi connectivity index (χ2v) is 7.80. The quantitative estimate of drug-likeness (QED) is 0.400. The number of ether oxygens (including phenoxy) is 1. The van der Waals surface area contributed by atoms with Crippen LogP contribution in [0.1, 0.15) is 26.2 Å². The Morgan fingerprint density at radius 2 is 1.89 bits per heavy atom. The van der Waals surface area contributed by atoms with Crippen LogP contribution in [0.2, 0.25) is 0 Å². The molecule has 144 valence electrons. The van der Waals surface area contributed by atoms with Gasteiger partial charge in [0.2, 0.25) is 5.91 Å². The minimum Gasteiger partial charge on any atom is -0.483 e. The van der Waals surface area contributed by atoms with Gasteiger partial charge in [0.1, 0.15) is 5.75 Å². The summed E-state index contributed by atoms with van der Waals surface area (Å²) in [6, 6.07) is 9.59. The van der Waals surface area contributed by atoms with Crippen LogP contribution in [0, 0.1) is 0 Å². The van der Waals surface area contributed by atoms with Gasteiger partial charge < -0.3 is 10.1 Å². The number of benzene rings is 2. The summed E-state index contributed by atoms with van der Waals surface area (Å²) in [5.41, 5.74) is 4.87. The lowest BCUT2D eigenvalue weighted by Crippen LogP contribution is -2.49. The summed E-state index contributed by atoms with van der Waals surface area (Å²) in [5, 5.41) is 4.55. The van der Waals surface area contributed by atoms with Crippen LogP contribution in [0.4, 0.5) is 0 Å². The summed E-state index contributed by atoms with van der Waals surface area (Å²) in [7, 11) is 0. The average molecular weight is 517 g/mol. The summed E-state index contributed by atoms with van der Waals surface area (Å²) in [4.78, 5) is 23.5. The third kappa shape index (κ3) is 6.75. The molecule has 3 N–H and O–H groups in total. The van der Waals surface area contributed by atoms with E-state index in [0.29, 0.717) is 12.2 Å². The summed E-state index contributed by atoms with van der Waals surface area (Å²) >= 11 is 11.9. The highest BCUT2D eigenvalue weighted by molar-refractivity contribution is 9.11. The molecule has 0 aromatic heterocycles. The molecule has 0 aliphatic rings. The molecule has 6 nitrogen and oxygen atoms in total. The van der Waals surface area contributed by atoms with E-state index in [2.05, 4.69) is 48.0 Å². The smallest absolute Gasteiger partial charge is 0.276 e. The van der Waals surface area contributed by atoms with Crippen molar-refractivity contribution in [2.45, 2.75) is 26.2 Å². The van der Waals surface area contributed by atoms with E-state index in [4.69, 9.17) is 17.0 Å². The maximum atomic E-state index is 11.9. The van der Waals surface area contributed by atoms with Gasteiger partial charge in [-0.3, -0.25) is 20.4 Å². The lowest BCUT2D eigenvalue weighted by atomic mass is 10.1. The number of amides is 2. The van der Waals surface area contributed by atoms with Crippen LogP contribution in [0.3, 0.4) is 0 Å². The number of unbranched alkanes of at least 4 members (excludes halogenated alkanes) is 1. The molecule has 0 bridgehead atoms. The van der Waals surface area contributed by atoms with Crippen LogP contribution in [0.25, 0.3) is 10.8 Å². The van der Waals surface area contributed by atoms with Crippen LogP contribution in [0.5, 0.6) is 5.75 Å². The van der Waals surface area contributed by atoms with Gasteiger partial charge in [0, 0.05) is 10.9 Å². The molecular formula is C18H19Br2N3O3S. The minimum atomic E-state index is -0.428. The van der Waals surface area contributed by atoms with Gasteiger partial charge in [-0.05, 0) is 63.5 Å². The van der Waals surface area contributed by atoms with Gasteiger partial charge in [-0.15, -0.1) is 0 Å². The average Bonchev–Trinajstić information content (AvgIpc) is 2.64. The van der Waals surface area contributed by atoms with E-state index >= 15 is 0 Å². The van der Waals surface area contributed by atoms with Crippen LogP contribution in [0.15, 0.2) is 39.3 Å². The molecule has 9 heteroatoms. The summed E-state index contributed by atoms with van der Waals surface area (Å²) in [6.45, 7) is 1.79. The molecule has 0 radical (unpaired) electrons. The van der Waals surface area contributed by atoms with Crippen molar-refractivity contribution in [3.63, 3.8) is 0 Å². The first kappa shape index (κ1) is 21.6. The molecule has 0 unspecified atom stereocenters. The molecule has 0 spiro atoms. The van der Waals surface area contributed by atoms with Crippen LogP contribution >= 0.6 is 44.1 Å². The van der Waals surface area contributed by atoms with Crippen molar-refractivity contribution < 1.29 is 14.3 Å². The summed E-state index contributed by atoms with van der Waals surface area (Å²) in [6.07, 6.45) is 2.09. The van der Waals surface area contributed by atoms with E-state index in [-0.39, 0.29) is 17.6 Å². The Hall–Kier alpha value is -1.71. The zero-order valence-electron chi connectivity index (χ0n) is 14.6. The standard InChI is InChI=1S/C18H19Br2N3O3S/c1-2-3-4-15(24)21-18(27)23-22-16(25)10-26-14-8-5-11-9-12(19)6-7-13(11)17(14)20/h5-9H,2-4,10H2,1H3,(H,22,25)(H2,21,23,24,27). The Balaban J connectivity index is 1.82. The van der Waals surface area contributed by atoms with Gasteiger partial charge in [-0.1, -0.05) is 41.4 Å². The predicted octanol–water partition coefficient (Wildman–Crippen LogP) is 3.96. The second-order valence-electron chi connectivity index (χ2n) is 5.69. The van der Waals surface area contributed by atoms with Gasteiger partial charge >= 0.3 is 0 Å². The zero-order valence-corrected chi connectivity index (χ0v) is 18.6. The molecule has 0 atom stereocenters. The number of rotatable bonds is 6. The molecule has 2 aromatic carbocycles. The van der Waals surface area contributed by atoms with Crippen molar-refractivity contribution in [3.8, 4) is 5.75 Å². The number of hydrogen-bond acceptors (Lipinski definition) is 4. The first-order valence-corrected chi connectivity index (χ1v) is 10.3. The predicted molar refractivity (Wildman–Crippen MR) is 116 cm³/mol. The van der Waals surface area contributed by atoms with Crippen molar-refractivity contribution in [3.05, 3.63) is 39.3 Å². The maximum absolute atomic E-state index is 11.9. The molecule has 0 heterocycles. The Kier molecular flexibility index (Phi) is 8.46. The normalized spacial score (nSPS) is 10.3. The van der Waals surface area contributed by atoms with E-state index in [1.165, 1.54) is 0 Å². The van der Waals surface area contributed by atoms with E-state index in [1.54, 1.807) is 6.07 Å². The van der Waals surface area contributed by atoms with Crippen molar-refractivity contribution in [1.82, 2.24) is 16.2 Å². The van der Waals surface area contributed by atoms with E-state index in [1.807, 2.05) is 31.2 Å². The Morgan fingerprint density at radius 3 is 2.63 bits per heavy atom. The number of hydrogen-bond donors (Lipinski definition) is 3. The van der Waals surface area contributed by atoms with Crippen molar-refractivity contribution in [2.75, 3.05) is 6.61 Å². The van der Waals surface area contributed by atoms with Gasteiger partial charge in [0.05, 0.1) is 4.47 Å². The number of carbonyl (C=O) groups excluding carboxylic acids is 2. The molecular weight excluding hydrogens is 498 g/mol. The van der Waals surface area contributed by atoms with Crippen molar-refractivity contribution >= 4 is 71.8 Å². The molecule has 2 rings (SSSR count). The van der Waals surface area contributed by atoms with E-state index < -0.39 is 5.91 Å². The Labute approximate surface area is 179 Å². The van der Waals surface area contributed by atoms with Gasteiger partial charge in [-0.25, -0.2) is 0 Å². The number of halogens is 2. The topological polar surface area (TPSA) is 79.5 Å². The van der Waals surface area contributed by atoms with Crippen molar-refractivity contribution in [1.29, 1.82) is 0 Å². The highest BCUT2D eigenvalue weighted by Gasteiger charge is 2.10. The van der Waals surface area contributed by atoms with Crippen molar-refractivity contribution in [2.24, 2.45) is 0 Å². The molecule has 27 heavy (non-hydrogen) atoms. The van der Waals surface area contributed by atoms with Crippen LogP contribution < -0.4 is 20.9 Å². The number of nitrogens with one attached hydrogen (secondary N) is 3. The molecule has 0 saturated carbocycles. The highest BCUT2D eigenvalue weighted by atomic mass is 79.9. The van der Waals surface area contributed by atoms with Crippen LogP contribution in [-0.4, -0.2) is 23.5 Å². The van der Waals surface area contributed by atoms with E-state index in [0.717, 1.165) is 32.6 Å². The SMILES string of the molecule is CCCCC(=O)NC(=S)NNC(=O)COc1ccc2cc(Br)ccc2c1Br. The Bertz CT molecular complexity index is 861. The largest absolute Gasteiger partial charge is 0.483 e. The third-order valence-electron chi connectivity index (χ3n) is 3.57. The molecule has 2 amide bonds. The lowest BCUT2D eigenvalue weighted by molar-refractivity contribution is -0.124. The molecule has 0 fully saturated rings. The third-order valence-corrected chi connectivity index (χ3v) is 5.08. The fraction of sp³-hybridized carbons (Fsp3) is 0.278. The fourth-order valence-electron chi connectivity index (χ4n) is 2.22. The fourth-order valence-corrected chi connectivity index (χ4v) is 3.37. The number of thiocarbonyl (C=S) groups is 1. The molecule has 0 saturated heterocycles. The number of hydrazine groups is 1. The number of fused-ring (bicyclic) bond motifs is 1. The molecule has 2 aromatic rings. The minimum absolute atomic E-state index is 0.0434. The summed E-state index contributed by atoms with van der Waals surface area (Å²) < 4.78 is 7.32. The van der Waals surface area contributed by atoms with Gasteiger partial charge in [-0.2, -0.15) is 0 Å². The van der Waals surface area contributed by atoms with E-state index in [9.17, 15) is 9.59 Å². The van der Waals surface area contributed by atoms with Gasteiger partial charge in [0.25, 0.3) is 5.91 Å². The summed E-state index contributed by atoms with van der Waals surface area (Å²) in [5.74, 6) is -0.0649. The Morgan fingerprint density at radius 1 is 1.11 bits per heavy atom. The highest BCUT2D eigenvalue weighted by Crippen LogP contribution is 2.34. The second kappa shape index (κ2) is 10.6. The van der Waals surface area contributed by atoms with Crippen LogP contribution in [-0.2, 0) is 9.59 Å². The maximum Gasteiger partial charge on any atom is 0.276 e. The first-order valence-electron chi connectivity index (χ1n) is 8.30. The molecule has 0 aliphatic heterocycles. The number of carbonyl (C=O) groups is 2. The first-order chi connectivity index (χ1) is 12.9. The molecule has 0 aliphatic carbocycles. The monoisotopic (exact) mass is 515 g/mol.